The average molecular weight is 876 g/mol. The molecule has 1 amide bonds. The van der Waals surface area contributed by atoms with Gasteiger partial charge in [-0.2, -0.15) is 0 Å². The summed E-state index contributed by atoms with van der Waals surface area (Å²) in [5.41, 5.74) is 0. The molecule has 0 saturated carbocycles. The molecular formula is C56H109NO5. The topological polar surface area (TPSA) is 95.9 Å². The zero-order valence-electron chi connectivity index (χ0n) is 41.9. The highest BCUT2D eigenvalue weighted by molar-refractivity contribution is 5.76. The van der Waals surface area contributed by atoms with Gasteiger partial charge in [-0.05, 0) is 44.9 Å². The van der Waals surface area contributed by atoms with Crippen LogP contribution < -0.4 is 5.32 Å². The number of carbonyl (C=O) groups is 2. The molecule has 368 valence electrons. The van der Waals surface area contributed by atoms with Crippen LogP contribution in [0.25, 0.3) is 0 Å². The molecule has 6 heteroatoms. The predicted molar refractivity (Wildman–Crippen MR) is 269 cm³/mol. The Hall–Kier alpha value is -1.40. The second-order valence-electron chi connectivity index (χ2n) is 19.3. The summed E-state index contributed by atoms with van der Waals surface area (Å²) in [6, 6.07) is -0.551. The average Bonchev–Trinajstić information content (AvgIpc) is 3.27. The van der Waals surface area contributed by atoms with Crippen molar-refractivity contribution in [3.8, 4) is 0 Å². The molecule has 0 bridgehead atoms. The zero-order valence-corrected chi connectivity index (χ0v) is 41.9. The molecule has 0 spiro atoms. The van der Waals surface area contributed by atoms with Gasteiger partial charge in [0.15, 0.2) is 0 Å². The smallest absolute Gasteiger partial charge is 0.305 e. The van der Waals surface area contributed by atoms with Gasteiger partial charge in [-0.15, -0.1) is 0 Å². The Bertz CT molecular complexity index is 924. The molecule has 0 saturated heterocycles. The third-order valence-electron chi connectivity index (χ3n) is 13.1. The number of aliphatic hydroxyl groups excluding tert-OH is 2. The quantitative estimate of drug-likeness (QED) is 0.0321. The number of nitrogens with one attached hydrogen (secondary N) is 1. The number of esters is 1. The minimum absolute atomic E-state index is 0.0157. The van der Waals surface area contributed by atoms with Gasteiger partial charge in [0.05, 0.1) is 25.4 Å². The van der Waals surface area contributed by atoms with E-state index in [-0.39, 0.29) is 18.5 Å². The molecule has 62 heavy (non-hydrogen) atoms. The molecule has 0 radical (unpaired) electrons. The number of ether oxygens (including phenoxy) is 1. The van der Waals surface area contributed by atoms with Crippen LogP contribution in [0.4, 0.5) is 0 Å². The summed E-state index contributed by atoms with van der Waals surface area (Å²) in [6.07, 6.45) is 60.5. The summed E-state index contributed by atoms with van der Waals surface area (Å²) in [5.74, 6) is -0.0609. The number of unbranched alkanes of at least 4 members (excludes halogenated alkanes) is 39. The molecule has 0 aromatic carbocycles. The standard InChI is InChI=1S/C56H109NO5/c1-3-5-7-9-11-13-15-16-17-18-19-20-21-22-23-25-29-32-36-40-44-48-54(59)53(52-58)57-55(60)49-45-41-37-33-30-26-24-27-31-35-39-43-47-51-62-56(61)50-46-42-38-34-28-14-12-10-8-6-4-2/h10,12,53-54,58-59H,3-9,11,13-52H2,1-2H3,(H,57,60)/b12-10-. The summed E-state index contributed by atoms with van der Waals surface area (Å²) >= 11 is 0. The van der Waals surface area contributed by atoms with Gasteiger partial charge in [-0.1, -0.05) is 264 Å². The maximum atomic E-state index is 12.5. The largest absolute Gasteiger partial charge is 0.466 e. The molecule has 2 atom stereocenters. The van der Waals surface area contributed by atoms with Crippen LogP contribution in [0.3, 0.4) is 0 Å². The van der Waals surface area contributed by atoms with Crippen molar-refractivity contribution in [3.05, 3.63) is 12.2 Å². The van der Waals surface area contributed by atoms with E-state index < -0.39 is 12.1 Å². The number of hydrogen-bond donors (Lipinski definition) is 3. The third kappa shape index (κ3) is 48.1. The van der Waals surface area contributed by atoms with E-state index in [2.05, 4.69) is 31.3 Å². The molecule has 0 heterocycles. The minimum Gasteiger partial charge on any atom is -0.466 e. The van der Waals surface area contributed by atoms with Crippen molar-refractivity contribution >= 4 is 11.9 Å². The molecule has 0 aromatic heterocycles. The summed E-state index contributed by atoms with van der Waals surface area (Å²) in [4.78, 5) is 24.5. The van der Waals surface area contributed by atoms with Crippen LogP contribution in [0.5, 0.6) is 0 Å². The second kappa shape index (κ2) is 52.2. The van der Waals surface area contributed by atoms with Crippen LogP contribution in [-0.2, 0) is 14.3 Å². The van der Waals surface area contributed by atoms with Crippen molar-refractivity contribution in [2.75, 3.05) is 13.2 Å². The van der Waals surface area contributed by atoms with Gasteiger partial charge in [0.1, 0.15) is 0 Å². The van der Waals surface area contributed by atoms with Crippen LogP contribution in [0.15, 0.2) is 12.2 Å². The fourth-order valence-electron chi connectivity index (χ4n) is 8.74. The SMILES string of the molecule is CCCC/C=C\CCCCCCCC(=O)OCCCCCCCCCCCCCCCC(=O)NC(CO)C(O)CCCCCCCCCCCCCCCCCCCCCCC. The van der Waals surface area contributed by atoms with Crippen LogP contribution >= 0.6 is 0 Å². The maximum absolute atomic E-state index is 12.5. The Morgan fingerprint density at radius 2 is 0.774 bits per heavy atom. The summed E-state index contributed by atoms with van der Waals surface area (Å²) in [5, 5.41) is 23.3. The molecular weight excluding hydrogens is 767 g/mol. The monoisotopic (exact) mass is 876 g/mol. The molecule has 3 N–H and O–H groups in total. The van der Waals surface area contributed by atoms with Gasteiger partial charge in [0, 0.05) is 12.8 Å². The number of hydrogen-bond acceptors (Lipinski definition) is 5. The first-order valence-electron chi connectivity index (χ1n) is 27.9. The number of amides is 1. The van der Waals surface area contributed by atoms with Crippen LogP contribution in [-0.4, -0.2) is 47.4 Å². The second-order valence-corrected chi connectivity index (χ2v) is 19.3. The van der Waals surface area contributed by atoms with Gasteiger partial charge in [-0.25, -0.2) is 0 Å². The van der Waals surface area contributed by atoms with Crippen molar-refractivity contribution < 1.29 is 24.5 Å². The Labute approximate surface area is 387 Å². The molecule has 0 aromatic rings. The lowest BCUT2D eigenvalue weighted by atomic mass is 10.0. The van der Waals surface area contributed by atoms with Gasteiger partial charge >= 0.3 is 5.97 Å². The van der Waals surface area contributed by atoms with Crippen molar-refractivity contribution in [1.82, 2.24) is 5.32 Å². The lowest BCUT2D eigenvalue weighted by Crippen LogP contribution is -2.45. The normalized spacial score (nSPS) is 12.6. The van der Waals surface area contributed by atoms with E-state index >= 15 is 0 Å². The highest BCUT2D eigenvalue weighted by atomic mass is 16.5. The van der Waals surface area contributed by atoms with Crippen LogP contribution in [0.2, 0.25) is 0 Å². The lowest BCUT2D eigenvalue weighted by molar-refractivity contribution is -0.143. The van der Waals surface area contributed by atoms with Gasteiger partial charge in [0.2, 0.25) is 5.91 Å². The van der Waals surface area contributed by atoms with Crippen molar-refractivity contribution in [1.29, 1.82) is 0 Å². The number of allylic oxidation sites excluding steroid dienone is 2. The first-order valence-corrected chi connectivity index (χ1v) is 27.9. The highest BCUT2D eigenvalue weighted by Crippen LogP contribution is 2.17. The van der Waals surface area contributed by atoms with Crippen molar-refractivity contribution in [2.24, 2.45) is 0 Å². The Morgan fingerprint density at radius 1 is 0.435 bits per heavy atom. The molecule has 0 fully saturated rings. The Morgan fingerprint density at radius 3 is 1.19 bits per heavy atom. The molecule has 0 rings (SSSR count). The fourth-order valence-corrected chi connectivity index (χ4v) is 8.74. The van der Waals surface area contributed by atoms with E-state index in [0.29, 0.717) is 25.9 Å². The van der Waals surface area contributed by atoms with Crippen LogP contribution in [0, 0.1) is 0 Å². The zero-order chi connectivity index (χ0) is 45.1. The molecule has 0 aliphatic rings. The number of carbonyl (C=O) groups excluding carboxylic acids is 2. The molecule has 6 nitrogen and oxygen atoms in total. The first-order chi connectivity index (χ1) is 30.5. The Balaban J connectivity index is 3.45. The first kappa shape index (κ1) is 60.6. The lowest BCUT2D eigenvalue weighted by Gasteiger charge is -2.22. The van der Waals surface area contributed by atoms with Crippen molar-refractivity contribution in [3.63, 3.8) is 0 Å². The van der Waals surface area contributed by atoms with Gasteiger partial charge in [-0.3, -0.25) is 9.59 Å². The molecule has 2 unspecified atom stereocenters. The van der Waals surface area contributed by atoms with E-state index in [0.717, 1.165) is 51.4 Å². The predicted octanol–water partition coefficient (Wildman–Crippen LogP) is 16.9. The fraction of sp³-hybridized carbons (Fsp3) is 0.929. The van der Waals surface area contributed by atoms with Gasteiger partial charge in [0.25, 0.3) is 0 Å². The van der Waals surface area contributed by atoms with E-state index in [4.69, 9.17) is 4.74 Å². The van der Waals surface area contributed by atoms with Crippen LogP contribution in [0.1, 0.15) is 309 Å². The highest BCUT2D eigenvalue weighted by Gasteiger charge is 2.20. The number of aliphatic hydroxyl groups is 2. The van der Waals surface area contributed by atoms with E-state index in [9.17, 15) is 19.8 Å². The van der Waals surface area contributed by atoms with Gasteiger partial charge < -0.3 is 20.3 Å². The third-order valence-corrected chi connectivity index (χ3v) is 13.1. The summed E-state index contributed by atoms with van der Waals surface area (Å²) in [6.45, 7) is 4.90. The van der Waals surface area contributed by atoms with E-state index in [1.807, 2.05) is 0 Å². The molecule has 0 aliphatic heterocycles. The maximum Gasteiger partial charge on any atom is 0.305 e. The van der Waals surface area contributed by atoms with Crippen molar-refractivity contribution in [2.45, 2.75) is 321 Å². The Kier molecular flexibility index (Phi) is 51.0. The summed E-state index contributed by atoms with van der Waals surface area (Å²) < 4.78 is 5.44. The van der Waals surface area contributed by atoms with E-state index in [1.54, 1.807) is 0 Å². The van der Waals surface area contributed by atoms with E-state index in [1.165, 1.54) is 225 Å². The number of rotatable bonds is 52. The molecule has 0 aliphatic carbocycles. The minimum atomic E-state index is -0.673. The summed E-state index contributed by atoms with van der Waals surface area (Å²) in [7, 11) is 0.